The maximum absolute atomic E-state index is 2.33. The van der Waals surface area contributed by atoms with E-state index in [0.29, 0.717) is 11.2 Å². The molecular formula is C13H20S. The first kappa shape index (κ1) is 11.6. The number of hydrogen-bond acceptors (Lipinski definition) is 1. The molecular weight excluding hydrogens is 188 g/mol. The molecule has 1 rings (SSSR count). The van der Waals surface area contributed by atoms with E-state index in [1.165, 1.54) is 16.7 Å². The van der Waals surface area contributed by atoms with E-state index in [0.717, 1.165) is 0 Å². The molecule has 1 aromatic carbocycles. The third-order valence-electron chi connectivity index (χ3n) is 2.75. The highest BCUT2D eigenvalue weighted by molar-refractivity contribution is 7.98. The fourth-order valence-electron chi connectivity index (χ4n) is 1.64. The van der Waals surface area contributed by atoms with Crippen LogP contribution >= 0.6 is 11.8 Å². The van der Waals surface area contributed by atoms with Gasteiger partial charge in [-0.2, -0.15) is 11.8 Å². The quantitative estimate of drug-likeness (QED) is 0.702. The smallest absolute Gasteiger partial charge is 0.0268 e. The first-order valence-corrected chi connectivity index (χ1v) is 6.48. The molecule has 0 aliphatic rings. The molecule has 14 heavy (non-hydrogen) atoms. The van der Waals surface area contributed by atoms with Gasteiger partial charge in [-0.1, -0.05) is 32.0 Å². The molecule has 1 aromatic rings. The first-order valence-electron chi connectivity index (χ1n) is 5.19. The fourth-order valence-corrected chi connectivity index (χ4v) is 2.16. The Kier molecular flexibility index (Phi) is 4.06. The van der Waals surface area contributed by atoms with E-state index in [1.807, 2.05) is 11.8 Å². The number of rotatable bonds is 3. The molecule has 1 atom stereocenters. The van der Waals surface area contributed by atoms with E-state index in [4.69, 9.17) is 0 Å². The van der Waals surface area contributed by atoms with Gasteiger partial charge >= 0.3 is 0 Å². The molecule has 0 aliphatic heterocycles. The summed E-state index contributed by atoms with van der Waals surface area (Å²) in [6, 6.07) is 6.87. The van der Waals surface area contributed by atoms with Crippen LogP contribution in [0.4, 0.5) is 0 Å². The summed E-state index contributed by atoms with van der Waals surface area (Å²) < 4.78 is 0. The van der Waals surface area contributed by atoms with Gasteiger partial charge in [0.2, 0.25) is 0 Å². The van der Waals surface area contributed by atoms with Crippen LogP contribution in [0, 0.1) is 6.92 Å². The molecule has 0 fully saturated rings. The Balaban J connectivity index is 3.01. The van der Waals surface area contributed by atoms with Crippen molar-refractivity contribution in [3.05, 3.63) is 34.9 Å². The second-order valence-corrected chi connectivity index (χ2v) is 5.33. The monoisotopic (exact) mass is 208 g/mol. The molecule has 0 spiro atoms. The van der Waals surface area contributed by atoms with E-state index >= 15 is 0 Å². The summed E-state index contributed by atoms with van der Waals surface area (Å²) in [5.74, 6) is 0.632. The van der Waals surface area contributed by atoms with Crippen molar-refractivity contribution < 1.29 is 0 Å². The predicted octanol–water partition coefficient (Wildman–Crippen LogP) is 4.54. The van der Waals surface area contributed by atoms with E-state index in [-0.39, 0.29) is 0 Å². The minimum atomic E-state index is 0.608. The highest BCUT2D eigenvalue weighted by atomic mass is 32.2. The van der Waals surface area contributed by atoms with Gasteiger partial charge in [0.25, 0.3) is 0 Å². The lowest BCUT2D eigenvalue weighted by Gasteiger charge is -2.14. The molecule has 0 saturated carbocycles. The van der Waals surface area contributed by atoms with Gasteiger partial charge in [0.15, 0.2) is 0 Å². The average molecular weight is 208 g/mol. The molecule has 1 unspecified atom stereocenters. The van der Waals surface area contributed by atoms with Crippen LogP contribution in [-0.2, 0) is 0 Å². The molecule has 0 nitrogen and oxygen atoms in total. The van der Waals surface area contributed by atoms with Crippen molar-refractivity contribution in [2.24, 2.45) is 0 Å². The Morgan fingerprint density at radius 2 is 1.79 bits per heavy atom. The van der Waals surface area contributed by atoms with Crippen LogP contribution in [0.25, 0.3) is 0 Å². The number of thioether (sulfide) groups is 1. The van der Waals surface area contributed by atoms with E-state index in [1.54, 1.807) is 0 Å². The van der Waals surface area contributed by atoms with Gasteiger partial charge in [-0.05, 0) is 42.7 Å². The van der Waals surface area contributed by atoms with Crippen molar-refractivity contribution >= 4 is 11.8 Å². The molecule has 0 saturated heterocycles. The molecule has 0 N–H and O–H groups in total. The van der Waals surface area contributed by atoms with E-state index < -0.39 is 0 Å². The van der Waals surface area contributed by atoms with Crippen LogP contribution < -0.4 is 0 Å². The maximum atomic E-state index is 2.33. The molecule has 78 valence electrons. The third kappa shape index (κ3) is 2.54. The van der Waals surface area contributed by atoms with Gasteiger partial charge < -0.3 is 0 Å². The minimum absolute atomic E-state index is 0.608. The van der Waals surface area contributed by atoms with E-state index in [9.17, 15) is 0 Å². The molecule has 0 aliphatic carbocycles. The van der Waals surface area contributed by atoms with Crippen LogP contribution in [0.15, 0.2) is 18.2 Å². The van der Waals surface area contributed by atoms with Crippen LogP contribution in [-0.4, -0.2) is 6.26 Å². The zero-order valence-electron chi connectivity index (χ0n) is 9.79. The third-order valence-corrected chi connectivity index (χ3v) is 3.71. The van der Waals surface area contributed by atoms with Crippen molar-refractivity contribution in [1.29, 1.82) is 0 Å². The van der Waals surface area contributed by atoms with Crippen molar-refractivity contribution in [1.82, 2.24) is 0 Å². The summed E-state index contributed by atoms with van der Waals surface area (Å²) in [7, 11) is 0. The van der Waals surface area contributed by atoms with Crippen molar-refractivity contribution in [2.75, 3.05) is 6.26 Å². The standard InChI is InChI=1S/C13H20S/c1-9(2)12-6-7-13(10(3)8-12)11(4)14-5/h6-9,11H,1-5H3. The summed E-state index contributed by atoms with van der Waals surface area (Å²) in [5, 5.41) is 0.608. The van der Waals surface area contributed by atoms with Crippen molar-refractivity contribution in [3.8, 4) is 0 Å². The molecule has 0 radical (unpaired) electrons. The molecule has 1 heteroatoms. The summed E-state index contributed by atoms with van der Waals surface area (Å²) in [4.78, 5) is 0. The zero-order chi connectivity index (χ0) is 10.7. The van der Waals surface area contributed by atoms with Gasteiger partial charge in [0.1, 0.15) is 0 Å². The Morgan fingerprint density at radius 3 is 2.21 bits per heavy atom. The summed E-state index contributed by atoms with van der Waals surface area (Å²) in [5.41, 5.74) is 4.35. The second-order valence-electron chi connectivity index (χ2n) is 4.15. The van der Waals surface area contributed by atoms with Crippen LogP contribution in [0.2, 0.25) is 0 Å². The van der Waals surface area contributed by atoms with Crippen LogP contribution in [0.3, 0.4) is 0 Å². The molecule has 0 amide bonds. The van der Waals surface area contributed by atoms with Crippen LogP contribution in [0.5, 0.6) is 0 Å². The average Bonchev–Trinajstić information content (AvgIpc) is 2.16. The summed E-state index contributed by atoms with van der Waals surface area (Å²) >= 11 is 1.91. The summed E-state index contributed by atoms with van der Waals surface area (Å²) in [6.45, 7) is 8.97. The maximum Gasteiger partial charge on any atom is 0.0268 e. The van der Waals surface area contributed by atoms with Gasteiger partial charge in [-0.25, -0.2) is 0 Å². The number of aryl methyl sites for hydroxylation is 1. The highest BCUT2D eigenvalue weighted by Gasteiger charge is 2.08. The van der Waals surface area contributed by atoms with Gasteiger partial charge in [0, 0.05) is 5.25 Å². The number of hydrogen-bond donors (Lipinski definition) is 0. The normalized spacial score (nSPS) is 13.3. The highest BCUT2D eigenvalue weighted by Crippen LogP contribution is 2.29. The van der Waals surface area contributed by atoms with Crippen molar-refractivity contribution in [3.63, 3.8) is 0 Å². The molecule has 0 bridgehead atoms. The zero-order valence-corrected chi connectivity index (χ0v) is 10.6. The Labute approximate surface area is 92.1 Å². The Hall–Kier alpha value is -0.430. The molecule has 0 heterocycles. The Bertz CT molecular complexity index is 302. The van der Waals surface area contributed by atoms with E-state index in [2.05, 4.69) is 52.1 Å². The largest absolute Gasteiger partial charge is 0.157 e. The van der Waals surface area contributed by atoms with Crippen molar-refractivity contribution in [2.45, 2.75) is 38.9 Å². The summed E-state index contributed by atoms with van der Waals surface area (Å²) in [6.07, 6.45) is 2.17. The minimum Gasteiger partial charge on any atom is -0.157 e. The second kappa shape index (κ2) is 4.88. The predicted molar refractivity (Wildman–Crippen MR) is 67.2 cm³/mol. The SMILES string of the molecule is CSC(C)c1ccc(C(C)C)cc1C. The fraction of sp³-hybridized carbons (Fsp3) is 0.538. The van der Waals surface area contributed by atoms with Crippen LogP contribution in [0.1, 0.15) is 48.6 Å². The lowest BCUT2D eigenvalue weighted by atomic mass is 9.97. The Morgan fingerprint density at radius 1 is 1.14 bits per heavy atom. The van der Waals surface area contributed by atoms with Gasteiger partial charge in [-0.3, -0.25) is 0 Å². The first-order chi connectivity index (χ1) is 6.56. The van der Waals surface area contributed by atoms with Gasteiger partial charge in [-0.15, -0.1) is 0 Å². The topological polar surface area (TPSA) is 0 Å². The number of benzene rings is 1. The lowest BCUT2D eigenvalue weighted by molar-refractivity contribution is 0.862. The van der Waals surface area contributed by atoms with Gasteiger partial charge in [0.05, 0.1) is 0 Å². The lowest BCUT2D eigenvalue weighted by Crippen LogP contribution is -1.95. The molecule has 0 aromatic heterocycles.